The number of methoxy groups -OCH3 is 1. The van der Waals surface area contributed by atoms with Crippen molar-refractivity contribution in [2.24, 2.45) is 5.92 Å². The molecule has 0 aliphatic heterocycles. The summed E-state index contributed by atoms with van der Waals surface area (Å²) in [5.74, 6) is -2.08. The lowest BCUT2D eigenvalue weighted by Gasteiger charge is -2.14. The highest BCUT2D eigenvalue weighted by Crippen LogP contribution is 2.09. The summed E-state index contributed by atoms with van der Waals surface area (Å²) in [6, 6.07) is 0. The molecule has 0 aromatic carbocycles. The zero-order valence-corrected chi connectivity index (χ0v) is 13.1. The van der Waals surface area contributed by atoms with Crippen LogP contribution in [0, 0.1) is 5.92 Å². The quantitative estimate of drug-likeness (QED) is 0.283. The Morgan fingerprint density at radius 2 is 1.29 bits per heavy atom. The summed E-state index contributed by atoms with van der Waals surface area (Å²) in [4.78, 5) is 23.4. The smallest absolute Gasteiger partial charge is 0.320 e. The van der Waals surface area contributed by atoms with Gasteiger partial charge in [-0.2, -0.15) is 0 Å². The molecule has 0 N–H and O–H groups in total. The van der Waals surface area contributed by atoms with Crippen molar-refractivity contribution < 1.29 is 33.3 Å². The Balaban J connectivity index is 3.90. The molecule has 7 heteroatoms. The third-order valence-corrected chi connectivity index (χ3v) is 2.50. The van der Waals surface area contributed by atoms with Crippen LogP contribution in [-0.2, 0) is 33.3 Å². The van der Waals surface area contributed by atoms with Crippen molar-refractivity contribution in [3.05, 3.63) is 0 Å². The fourth-order valence-corrected chi connectivity index (χ4v) is 1.48. The van der Waals surface area contributed by atoms with Gasteiger partial charge in [-0.05, 0) is 20.3 Å². The highest BCUT2D eigenvalue weighted by Gasteiger charge is 2.29. The van der Waals surface area contributed by atoms with Gasteiger partial charge in [0.05, 0.1) is 39.6 Å². The van der Waals surface area contributed by atoms with E-state index in [0.717, 1.165) is 0 Å². The summed E-state index contributed by atoms with van der Waals surface area (Å²) in [5, 5.41) is 0. The monoisotopic (exact) mass is 306 g/mol. The molecule has 21 heavy (non-hydrogen) atoms. The van der Waals surface area contributed by atoms with E-state index in [9.17, 15) is 9.59 Å². The largest absolute Gasteiger partial charge is 0.465 e. The SMILES string of the molecule is CCOC(=O)C(CCOCCOCCOC)C(=O)OCC. The van der Waals surface area contributed by atoms with Gasteiger partial charge >= 0.3 is 11.9 Å². The van der Waals surface area contributed by atoms with E-state index in [1.807, 2.05) is 0 Å². The highest BCUT2D eigenvalue weighted by atomic mass is 16.6. The first-order valence-electron chi connectivity index (χ1n) is 7.15. The van der Waals surface area contributed by atoms with Gasteiger partial charge in [-0.25, -0.2) is 0 Å². The number of rotatable bonds is 13. The molecule has 0 aliphatic rings. The molecule has 0 aliphatic carbocycles. The molecule has 7 nitrogen and oxygen atoms in total. The second kappa shape index (κ2) is 13.8. The molecule has 0 spiro atoms. The Hall–Kier alpha value is -1.18. The predicted molar refractivity (Wildman–Crippen MR) is 74.9 cm³/mol. The normalized spacial score (nSPS) is 10.7. The molecule has 0 saturated heterocycles. The maximum Gasteiger partial charge on any atom is 0.320 e. The molecule has 0 atom stereocenters. The van der Waals surface area contributed by atoms with Gasteiger partial charge in [0.2, 0.25) is 0 Å². The van der Waals surface area contributed by atoms with E-state index in [1.54, 1.807) is 21.0 Å². The van der Waals surface area contributed by atoms with Crippen molar-refractivity contribution in [3.8, 4) is 0 Å². The number of carbonyl (C=O) groups is 2. The van der Waals surface area contributed by atoms with Crippen LogP contribution in [-0.4, -0.2) is 65.3 Å². The minimum atomic E-state index is -0.931. The molecular formula is C14H26O7. The Labute approximate surface area is 125 Å². The third-order valence-electron chi connectivity index (χ3n) is 2.50. The lowest BCUT2D eigenvalue weighted by atomic mass is 10.1. The number of ether oxygens (including phenoxy) is 5. The fraction of sp³-hybridized carbons (Fsp3) is 0.857. The van der Waals surface area contributed by atoms with Gasteiger partial charge in [0, 0.05) is 13.7 Å². The first-order chi connectivity index (χ1) is 10.2. The lowest BCUT2D eigenvalue weighted by Crippen LogP contribution is -2.29. The number of hydrogen-bond donors (Lipinski definition) is 0. The number of esters is 2. The van der Waals surface area contributed by atoms with Crippen LogP contribution in [0.5, 0.6) is 0 Å². The first kappa shape index (κ1) is 19.8. The van der Waals surface area contributed by atoms with Gasteiger partial charge in [-0.15, -0.1) is 0 Å². The van der Waals surface area contributed by atoms with Crippen LogP contribution in [0.15, 0.2) is 0 Å². The van der Waals surface area contributed by atoms with Crippen LogP contribution in [0.3, 0.4) is 0 Å². The van der Waals surface area contributed by atoms with E-state index in [2.05, 4.69) is 0 Å². The molecule has 0 bridgehead atoms. The molecule has 0 aromatic rings. The van der Waals surface area contributed by atoms with Crippen LogP contribution in [0.1, 0.15) is 20.3 Å². The second-order valence-electron chi connectivity index (χ2n) is 4.06. The van der Waals surface area contributed by atoms with Crippen LogP contribution < -0.4 is 0 Å². The summed E-state index contributed by atoms with van der Waals surface area (Å²) in [6.45, 7) is 5.96. The maximum atomic E-state index is 11.7. The van der Waals surface area contributed by atoms with Gasteiger partial charge in [-0.1, -0.05) is 0 Å². The van der Waals surface area contributed by atoms with Crippen LogP contribution in [0.4, 0.5) is 0 Å². The summed E-state index contributed by atoms with van der Waals surface area (Å²) in [6.07, 6.45) is 0.232. The molecule has 0 heterocycles. The highest BCUT2D eigenvalue weighted by molar-refractivity contribution is 5.94. The first-order valence-corrected chi connectivity index (χ1v) is 7.15. The fourth-order valence-electron chi connectivity index (χ4n) is 1.48. The summed E-state index contributed by atoms with van der Waals surface area (Å²) < 4.78 is 25.1. The molecule has 0 fully saturated rings. The zero-order chi connectivity index (χ0) is 15.9. The minimum Gasteiger partial charge on any atom is -0.465 e. The van der Waals surface area contributed by atoms with E-state index in [1.165, 1.54) is 0 Å². The molecule has 0 amide bonds. The molecule has 0 aromatic heterocycles. The number of hydrogen-bond acceptors (Lipinski definition) is 7. The molecule has 0 rings (SSSR count). The molecule has 0 radical (unpaired) electrons. The average Bonchev–Trinajstić information content (AvgIpc) is 2.46. The molecule has 124 valence electrons. The maximum absolute atomic E-state index is 11.7. The zero-order valence-electron chi connectivity index (χ0n) is 13.1. The summed E-state index contributed by atoms with van der Waals surface area (Å²) in [7, 11) is 1.60. The third kappa shape index (κ3) is 10.2. The van der Waals surface area contributed by atoms with Gasteiger partial charge in [0.1, 0.15) is 0 Å². The van der Waals surface area contributed by atoms with E-state index in [4.69, 9.17) is 23.7 Å². The topological polar surface area (TPSA) is 80.3 Å². The standard InChI is InChI=1S/C14H26O7/c1-4-20-13(15)12(14(16)21-5-2)6-7-18-10-11-19-9-8-17-3/h12H,4-11H2,1-3H3. The minimum absolute atomic E-state index is 0.225. The Bertz CT molecular complexity index is 262. The van der Waals surface area contributed by atoms with Gasteiger partial charge in [-0.3, -0.25) is 9.59 Å². The summed E-state index contributed by atoms with van der Waals surface area (Å²) >= 11 is 0. The van der Waals surface area contributed by atoms with E-state index in [-0.39, 0.29) is 26.2 Å². The van der Waals surface area contributed by atoms with Crippen LogP contribution in [0.2, 0.25) is 0 Å². The number of carbonyl (C=O) groups excluding carboxylic acids is 2. The van der Waals surface area contributed by atoms with Gasteiger partial charge in [0.25, 0.3) is 0 Å². The van der Waals surface area contributed by atoms with Crippen molar-refractivity contribution in [1.29, 1.82) is 0 Å². The van der Waals surface area contributed by atoms with Gasteiger partial charge < -0.3 is 23.7 Å². The molecule has 0 saturated carbocycles. The van der Waals surface area contributed by atoms with Crippen molar-refractivity contribution in [3.63, 3.8) is 0 Å². The Morgan fingerprint density at radius 1 is 0.810 bits per heavy atom. The van der Waals surface area contributed by atoms with Crippen molar-refractivity contribution in [2.75, 3.05) is 53.4 Å². The van der Waals surface area contributed by atoms with E-state index >= 15 is 0 Å². The van der Waals surface area contributed by atoms with E-state index in [0.29, 0.717) is 26.4 Å². The summed E-state index contributed by atoms with van der Waals surface area (Å²) in [5.41, 5.74) is 0. The van der Waals surface area contributed by atoms with E-state index < -0.39 is 17.9 Å². The van der Waals surface area contributed by atoms with Crippen molar-refractivity contribution in [2.45, 2.75) is 20.3 Å². The lowest BCUT2D eigenvalue weighted by molar-refractivity contribution is -0.162. The average molecular weight is 306 g/mol. The van der Waals surface area contributed by atoms with Crippen LogP contribution >= 0.6 is 0 Å². The molecular weight excluding hydrogens is 280 g/mol. The Morgan fingerprint density at radius 3 is 1.76 bits per heavy atom. The Kier molecular flexibility index (Phi) is 13.0. The van der Waals surface area contributed by atoms with Gasteiger partial charge in [0.15, 0.2) is 5.92 Å². The van der Waals surface area contributed by atoms with Crippen molar-refractivity contribution >= 4 is 11.9 Å². The predicted octanol–water partition coefficient (Wildman–Crippen LogP) is 0.798. The molecule has 0 unspecified atom stereocenters. The van der Waals surface area contributed by atoms with Crippen molar-refractivity contribution in [1.82, 2.24) is 0 Å². The van der Waals surface area contributed by atoms with Crippen LogP contribution in [0.25, 0.3) is 0 Å². The second-order valence-corrected chi connectivity index (χ2v) is 4.06.